The maximum Gasteiger partial charge on any atom is 0.219 e. The number of hydrogen-bond acceptors (Lipinski definition) is 4. The molecule has 0 spiro atoms. The molecule has 0 saturated carbocycles. The Morgan fingerprint density at radius 3 is 2.85 bits per heavy atom. The average molecular weight is 270 g/mol. The molecule has 2 heterocycles. The van der Waals surface area contributed by atoms with Gasteiger partial charge in [-0.2, -0.15) is 0 Å². The number of ether oxygens (including phenoxy) is 2. The molecule has 2 aromatic rings. The van der Waals surface area contributed by atoms with Crippen LogP contribution in [-0.4, -0.2) is 10.6 Å². The predicted octanol–water partition coefficient (Wildman–Crippen LogP) is 3.05. The zero-order valence-corrected chi connectivity index (χ0v) is 11.7. The third-order valence-corrected chi connectivity index (χ3v) is 3.30. The number of nitrogens with zero attached hydrogens (tertiary/aromatic N) is 1. The number of aromatic nitrogens is 1. The van der Waals surface area contributed by atoms with Gasteiger partial charge in [-0.15, -0.1) is 0 Å². The number of rotatable bonds is 3. The van der Waals surface area contributed by atoms with Crippen LogP contribution in [-0.2, 0) is 13.0 Å². The van der Waals surface area contributed by atoms with Gasteiger partial charge in [0.15, 0.2) is 11.5 Å². The van der Waals surface area contributed by atoms with Crippen molar-refractivity contribution < 1.29 is 9.47 Å². The fraction of sp³-hybridized carbons (Fsp3) is 0.312. The Balaban J connectivity index is 1.87. The Kier molecular flexibility index (Phi) is 3.10. The average Bonchev–Trinajstić information content (AvgIpc) is 2.75. The van der Waals surface area contributed by atoms with Crippen molar-refractivity contribution in [3.05, 3.63) is 47.7 Å². The van der Waals surface area contributed by atoms with Crippen LogP contribution in [0.5, 0.6) is 17.4 Å². The number of nitrogens with two attached hydrogens (primary N) is 1. The van der Waals surface area contributed by atoms with E-state index in [9.17, 15) is 0 Å². The summed E-state index contributed by atoms with van der Waals surface area (Å²) < 4.78 is 11.8. The first-order valence-electron chi connectivity index (χ1n) is 6.71. The Bertz CT molecular complexity index is 621. The SMILES string of the molecule is CC1(C)Cc2cccc(Oc3ccc(CN)cn3)c2O1. The third kappa shape index (κ3) is 2.47. The molecule has 1 aliphatic rings. The minimum absolute atomic E-state index is 0.182. The molecule has 4 nitrogen and oxygen atoms in total. The smallest absolute Gasteiger partial charge is 0.219 e. The van der Waals surface area contributed by atoms with Crippen molar-refractivity contribution in [2.24, 2.45) is 5.73 Å². The molecule has 3 rings (SSSR count). The highest BCUT2D eigenvalue weighted by molar-refractivity contribution is 5.51. The summed E-state index contributed by atoms with van der Waals surface area (Å²) in [7, 11) is 0. The maximum atomic E-state index is 5.97. The van der Waals surface area contributed by atoms with E-state index in [-0.39, 0.29) is 5.60 Å². The second-order valence-electron chi connectivity index (χ2n) is 5.59. The summed E-state index contributed by atoms with van der Waals surface area (Å²) in [4.78, 5) is 4.25. The van der Waals surface area contributed by atoms with Crippen molar-refractivity contribution >= 4 is 0 Å². The van der Waals surface area contributed by atoms with Crippen LogP contribution in [0.25, 0.3) is 0 Å². The molecule has 104 valence electrons. The van der Waals surface area contributed by atoms with E-state index in [0.29, 0.717) is 18.2 Å². The van der Waals surface area contributed by atoms with Crippen LogP contribution in [0.4, 0.5) is 0 Å². The summed E-state index contributed by atoms with van der Waals surface area (Å²) in [6.45, 7) is 4.63. The lowest BCUT2D eigenvalue weighted by Crippen LogP contribution is -2.24. The monoisotopic (exact) mass is 270 g/mol. The summed E-state index contributed by atoms with van der Waals surface area (Å²) in [5.74, 6) is 2.08. The van der Waals surface area contributed by atoms with Gasteiger partial charge >= 0.3 is 0 Å². The molecule has 0 bridgehead atoms. The first-order chi connectivity index (χ1) is 9.57. The van der Waals surface area contributed by atoms with Crippen LogP contribution in [0.15, 0.2) is 36.5 Å². The molecule has 0 fully saturated rings. The standard InChI is InChI=1S/C16H18N2O2/c1-16(2)8-12-4-3-5-13(15(12)20-16)19-14-7-6-11(9-17)10-18-14/h3-7,10H,8-9,17H2,1-2H3. The summed E-state index contributed by atoms with van der Waals surface area (Å²) in [6, 6.07) is 9.69. The summed E-state index contributed by atoms with van der Waals surface area (Å²) >= 11 is 0. The molecule has 2 N–H and O–H groups in total. The molecule has 1 aromatic carbocycles. The van der Waals surface area contributed by atoms with Crippen molar-refractivity contribution in [2.75, 3.05) is 0 Å². The highest BCUT2D eigenvalue weighted by Crippen LogP contribution is 2.42. The van der Waals surface area contributed by atoms with E-state index >= 15 is 0 Å². The van der Waals surface area contributed by atoms with E-state index in [1.165, 1.54) is 5.56 Å². The van der Waals surface area contributed by atoms with E-state index < -0.39 is 0 Å². The van der Waals surface area contributed by atoms with Crippen LogP contribution in [0.3, 0.4) is 0 Å². The Labute approximate surface area is 118 Å². The van der Waals surface area contributed by atoms with Crippen molar-refractivity contribution in [3.8, 4) is 17.4 Å². The quantitative estimate of drug-likeness (QED) is 0.931. The molecule has 4 heteroatoms. The molecule has 0 amide bonds. The molecule has 20 heavy (non-hydrogen) atoms. The van der Waals surface area contributed by atoms with Gasteiger partial charge in [-0.05, 0) is 25.5 Å². The number of benzene rings is 1. The van der Waals surface area contributed by atoms with Crippen LogP contribution < -0.4 is 15.2 Å². The lowest BCUT2D eigenvalue weighted by molar-refractivity contribution is 0.135. The van der Waals surface area contributed by atoms with E-state index in [4.69, 9.17) is 15.2 Å². The highest BCUT2D eigenvalue weighted by Gasteiger charge is 2.32. The van der Waals surface area contributed by atoms with Gasteiger partial charge in [0.1, 0.15) is 5.60 Å². The predicted molar refractivity (Wildman–Crippen MR) is 77.1 cm³/mol. The molecule has 0 radical (unpaired) electrons. The lowest BCUT2D eigenvalue weighted by Gasteiger charge is -2.18. The number of fused-ring (bicyclic) bond motifs is 1. The maximum absolute atomic E-state index is 5.97. The highest BCUT2D eigenvalue weighted by atomic mass is 16.5. The summed E-state index contributed by atoms with van der Waals surface area (Å²) in [5.41, 5.74) is 7.53. The van der Waals surface area contributed by atoms with E-state index in [1.54, 1.807) is 6.20 Å². The van der Waals surface area contributed by atoms with E-state index in [2.05, 4.69) is 24.9 Å². The first kappa shape index (κ1) is 12.9. The Hall–Kier alpha value is -2.07. The van der Waals surface area contributed by atoms with E-state index in [0.717, 1.165) is 17.7 Å². The Morgan fingerprint density at radius 2 is 2.15 bits per heavy atom. The zero-order chi connectivity index (χ0) is 14.2. The van der Waals surface area contributed by atoms with Crippen LogP contribution in [0.1, 0.15) is 25.0 Å². The largest absolute Gasteiger partial charge is 0.483 e. The number of hydrogen-bond donors (Lipinski definition) is 1. The minimum atomic E-state index is -0.182. The van der Waals surface area contributed by atoms with Crippen LogP contribution >= 0.6 is 0 Å². The normalized spacial score (nSPS) is 15.6. The molecule has 0 aliphatic carbocycles. The van der Waals surface area contributed by atoms with Crippen molar-refractivity contribution in [1.82, 2.24) is 4.98 Å². The second kappa shape index (κ2) is 4.80. The fourth-order valence-electron chi connectivity index (χ4n) is 2.37. The molecular weight excluding hydrogens is 252 g/mol. The van der Waals surface area contributed by atoms with Crippen molar-refractivity contribution in [3.63, 3.8) is 0 Å². The minimum Gasteiger partial charge on any atom is -0.483 e. The molecule has 0 atom stereocenters. The summed E-state index contributed by atoms with van der Waals surface area (Å²) in [6.07, 6.45) is 2.61. The number of pyridine rings is 1. The first-order valence-corrected chi connectivity index (χ1v) is 6.71. The van der Waals surface area contributed by atoms with Crippen LogP contribution in [0, 0.1) is 0 Å². The fourth-order valence-corrected chi connectivity index (χ4v) is 2.37. The molecule has 0 unspecified atom stereocenters. The summed E-state index contributed by atoms with van der Waals surface area (Å²) in [5, 5.41) is 0. The Morgan fingerprint density at radius 1 is 1.30 bits per heavy atom. The number of para-hydroxylation sites is 1. The second-order valence-corrected chi connectivity index (χ2v) is 5.59. The van der Waals surface area contributed by atoms with Gasteiger partial charge in [-0.1, -0.05) is 18.2 Å². The van der Waals surface area contributed by atoms with Crippen molar-refractivity contribution in [1.29, 1.82) is 0 Å². The molecule has 1 aliphatic heterocycles. The molecule has 0 saturated heterocycles. The van der Waals surface area contributed by atoms with Crippen molar-refractivity contribution in [2.45, 2.75) is 32.4 Å². The van der Waals surface area contributed by atoms with Gasteiger partial charge < -0.3 is 15.2 Å². The topological polar surface area (TPSA) is 57.4 Å². The third-order valence-electron chi connectivity index (χ3n) is 3.30. The lowest BCUT2D eigenvalue weighted by atomic mass is 10.0. The van der Waals surface area contributed by atoms with Gasteiger partial charge in [-0.3, -0.25) is 0 Å². The molecular formula is C16H18N2O2. The molecule has 1 aromatic heterocycles. The van der Waals surface area contributed by atoms with Gasteiger partial charge in [0, 0.05) is 30.8 Å². The van der Waals surface area contributed by atoms with Gasteiger partial charge in [0.2, 0.25) is 5.88 Å². The van der Waals surface area contributed by atoms with Gasteiger partial charge in [-0.25, -0.2) is 4.98 Å². The van der Waals surface area contributed by atoms with Gasteiger partial charge in [0.25, 0.3) is 0 Å². The van der Waals surface area contributed by atoms with Crippen LogP contribution in [0.2, 0.25) is 0 Å². The van der Waals surface area contributed by atoms with Gasteiger partial charge in [0.05, 0.1) is 0 Å². The van der Waals surface area contributed by atoms with E-state index in [1.807, 2.05) is 24.3 Å². The zero-order valence-electron chi connectivity index (χ0n) is 11.7.